The van der Waals surface area contributed by atoms with Gasteiger partial charge in [0.05, 0.1) is 11.0 Å². The average Bonchev–Trinajstić information content (AvgIpc) is 2.20. The molecule has 7 heteroatoms. The molecule has 0 amide bonds. The SMILES string of the molecule is N[C@H](CCO)c1cc(F)cc([N+](=O)[O-])c1O. The Hall–Kier alpha value is -1.73. The van der Waals surface area contributed by atoms with Gasteiger partial charge in [-0.2, -0.15) is 0 Å². The number of hydrogen-bond donors (Lipinski definition) is 3. The molecule has 0 aliphatic carbocycles. The van der Waals surface area contributed by atoms with Gasteiger partial charge < -0.3 is 15.9 Å². The fraction of sp³-hybridized carbons (Fsp3) is 0.333. The molecule has 16 heavy (non-hydrogen) atoms. The first kappa shape index (κ1) is 12.3. The zero-order chi connectivity index (χ0) is 12.3. The molecule has 0 aromatic heterocycles. The second kappa shape index (κ2) is 4.86. The van der Waals surface area contributed by atoms with Crippen molar-refractivity contribution in [3.05, 3.63) is 33.6 Å². The summed E-state index contributed by atoms with van der Waals surface area (Å²) < 4.78 is 13.0. The third-order valence-electron chi connectivity index (χ3n) is 2.12. The van der Waals surface area contributed by atoms with Crippen molar-refractivity contribution in [1.29, 1.82) is 0 Å². The molecule has 0 aliphatic rings. The average molecular weight is 230 g/mol. The number of nitrogens with two attached hydrogens (primary N) is 1. The molecule has 1 atom stereocenters. The lowest BCUT2D eigenvalue weighted by Gasteiger charge is -2.12. The Morgan fingerprint density at radius 1 is 1.56 bits per heavy atom. The molecule has 6 nitrogen and oxygen atoms in total. The standard InChI is InChI=1S/C9H11FN2O4/c10-5-3-6(7(11)1-2-13)9(14)8(4-5)12(15)16/h3-4,7,13-14H,1-2,11H2/t7-/m1/s1. The highest BCUT2D eigenvalue weighted by atomic mass is 19.1. The molecule has 0 heterocycles. The van der Waals surface area contributed by atoms with E-state index < -0.39 is 28.2 Å². The molecule has 0 saturated heterocycles. The lowest BCUT2D eigenvalue weighted by atomic mass is 10.0. The number of halogens is 1. The van der Waals surface area contributed by atoms with Gasteiger partial charge in [-0.15, -0.1) is 0 Å². The molecule has 1 aromatic rings. The van der Waals surface area contributed by atoms with Gasteiger partial charge in [0, 0.05) is 18.2 Å². The van der Waals surface area contributed by atoms with Gasteiger partial charge in [-0.25, -0.2) is 4.39 Å². The summed E-state index contributed by atoms with van der Waals surface area (Å²) in [5.41, 5.74) is 4.72. The number of rotatable bonds is 4. The van der Waals surface area contributed by atoms with Crippen LogP contribution in [0.5, 0.6) is 5.75 Å². The predicted octanol–water partition coefficient (Wildman–Crippen LogP) is 0.822. The Morgan fingerprint density at radius 2 is 2.19 bits per heavy atom. The number of aliphatic hydroxyl groups is 1. The minimum absolute atomic E-state index is 0.0775. The number of nitro benzene ring substituents is 1. The lowest BCUT2D eigenvalue weighted by Crippen LogP contribution is -2.13. The Labute approximate surface area is 90.3 Å². The van der Waals surface area contributed by atoms with E-state index in [2.05, 4.69) is 0 Å². The van der Waals surface area contributed by atoms with Crippen LogP contribution in [0.25, 0.3) is 0 Å². The van der Waals surface area contributed by atoms with Crippen LogP contribution in [-0.4, -0.2) is 21.7 Å². The van der Waals surface area contributed by atoms with Crippen LogP contribution in [-0.2, 0) is 0 Å². The van der Waals surface area contributed by atoms with E-state index in [1.54, 1.807) is 0 Å². The maximum Gasteiger partial charge on any atom is 0.313 e. The number of aromatic hydroxyl groups is 1. The molecule has 0 radical (unpaired) electrons. The van der Waals surface area contributed by atoms with Gasteiger partial charge in [-0.05, 0) is 12.5 Å². The number of phenolic OH excluding ortho intramolecular Hbond substituents is 1. The minimum Gasteiger partial charge on any atom is -0.502 e. The molecule has 1 rings (SSSR count). The Kier molecular flexibility index (Phi) is 3.75. The van der Waals surface area contributed by atoms with Crippen molar-refractivity contribution in [3.8, 4) is 5.75 Å². The van der Waals surface area contributed by atoms with Crippen molar-refractivity contribution in [1.82, 2.24) is 0 Å². The molecule has 0 bridgehead atoms. The number of hydrogen-bond acceptors (Lipinski definition) is 5. The molecule has 0 aliphatic heterocycles. The number of aliphatic hydroxyl groups excluding tert-OH is 1. The highest BCUT2D eigenvalue weighted by Crippen LogP contribution is 2.34. The smallest absolute Gasteiger partial charge is 0.313 e. The highest BCUT2D eigenvalue weighted by Gasteiger charge is 2.22. The van der Waals surface area contributed by atoms with Crippen molar-refractivity contribution >= 4 is 5.69 Å². The largest absolute Gasteiger partial charge is 0.502 e. The van der Waals surface area contributed by atoms with Crippen molar-refractivity contribution in [2.75, 3.05) is 6.61 Å². The number of nitro groups is 1. The normalized spacial score (nSPS) is 12.4. The van der Waals surface area contributed by atoms with E-state index >= 15 is 0 Å². The summed E-state index contributed by atoms with van der Waals surface area (Å²) in [7, 11) is 0. The monoisotopic (exact) mass is 230 g/mol. The van der Waals surface area contributed by atoms with Crippen LogP contribution in [0.2, 0.25) is 0 Å². The van der Waals surface area contributed by atoms with Gasteiger partial charge in [0.1, 0.15) is 5.82 Å². The van der Waals surface area contributed by atoms with Crippen molar-refractivity contribution in [2.24, 2.45) is 5.73 Å². The van der Waals surface area contributed by atoms with Crippen LogP contribution in [0.3, 0.4) is 0 Å². The van der Waals surface area contributed by atoms with Crippen molar-refractivity contribution < 1.29 is 19.5 Å². The van der Waals surface area contributed by atoms with E-state index in [9.17, 15) is 19.6 Å². The molecule has 4 N–H and O–H groups in total. The summed E-state index contributed by atoms with van der Waals surface area (Å²) in [6, 6.07) is 0.687. The molecule has 0 fully saturated rings. The van der Waals surface area contributed by atoms with E-state index in [-0.39, 0.29) is 18.6 Å². The van der Waals surface area contributed by atoms with E-state index in [0.717, 1.165) is 6.07 Å². The summed E-state index contributed by atoms with van der Waals surface area (Å²) >= 11 is 0. The Bertz CT molecular complexity index is 411. The number of nitrogens with zero attached hydrogens (tertiary/aromatic N) is 1. The Morgan fingerprint density at radius 3 is 2.69 bits per heavy atom. The highest BCUT2D eigenvalue weighted by molar-refractivity contribution is 5.52. The fourth-order valence-electron chi connectivity index (χ4n) is 1.32. The second-order valence-electron chi connectivity index (χ2n) is 3.24. The van der Waals surface area contributed by atoms with Crippen molar-refractivity contribution in [2.45, 2.75) is 12.5 Å². The summed E-state index contributed by atoms with van der Waals surface area (Å²) in [5, 5.41) is 28.7. The first-order valence-electron chi connectivity index (χ1n) is 4.50. The van der Waals surface area contributed by atoms with E-state index in [4.69, 9.17) is 10.8 Å². The molecular formula is C9H11FN2O4. The van der Waals surface area contributed by atoms with Gasteiger partial charge in [-0.3, -0.25) is 10.1 Å². The topological polar surface area (TPSA) is 110 Å². The molecule has 0 unspecified atom stereocenters. The van der Waals surface area contributed by atoms with Gasteiger partial charge in [0.25, 0.3) is 0 Å². The van der Waals surface area contributed by atoms with E-state index in [1.165, 1.54) is 0 Å². The van der Waals surface area contributed by atoms with Crippen LogP contribution >= 0.6 is 0 Å². The first-order valence-corrected chi connectivity index (χ1v) is 4.50. The maximum atomic E-state index is 13.0. The van der Waals surface area contributed by atoms with Gasteiger partial charge in [0.2, 0.25) is 0 Å². The first-order chi connectivity index (χ1) is 7.47. The number of benzene rings is 1. The van der Waals surface area contributed by atoms with Gasteiger partial charge in [-0.1, -0.05) is 0 Å². The summed E-state index contributed by atoms with van der Waals surface area (Å²) in [4.78, 5) is 9.60. The van der Waals surface area contributed by atoms with E-state index in [0.29, 0.717) is 6.07 Å². The van der Waals surface area contributed by atoms with E-state index in [1.807, 2.05) is 0 Å². The quantitative estimate of drug-likeness (QED) is 0.524. The summed E-state index contributed by atoms with van der Waals surface area (Å²) in [6.45, 7) is -0.259. The third-order valence-corrected chi connectivity index (χ3v) is 2.12. The molecule has 1 aromatic carbocycles. The maximum absolute atomic E-state index is 13.0. The second-order valence-corrected chi connectivity index (χ2v) is 3.24. The molecule has 0 spiro atoms. The Balaban J connectivity index is 3.23. The summed E-state index contributed by atoms with van der Waals surface area (Å²) in [5.74, 6) is -1.51. The zero-order valence-electron chi connectivity index (χ0n) is 8.26. The van der Waals surface area contributed by atoms with Crippen LogP contribution < -0.4 is 5.73 Å². The lowest BCUT2D eigenvalue weighted by molar-refractivity contribution is -0.386. The minimum atomic E-state index is -0.895. The fourth-order valence-corrected chi connectivity index (χ4v) is 1.32. The van der Waals surface area contributed by atoms with Crippen LogP contribution in [0.15, 0.2) is 12.1 Å². The van der Waals surface area contributed by atoms with Crippen molar-refractivity contribution in [3.63, 3.8) is 0 Å². The number of phenols is 1. The summed E-state index contributed by atoms with van der Waals surface area (Å²) in [6.07, 6.45) is 0.0775. The van der Waals surface area contributed by atoms with Gasteiger partial charge >= 0.3 is 5.69 Å². The van der Waals surface area contributed by atoms with Crippen LogP contribution in [0.4, 0.5) is 10.1 Å². The van der Waals surface area contributed by atoms with Crippen LogP contribution in [0.1, 0.15) is 18.0 Å². The van der Waals surface area contributed by atoms with Crippen LogP contribution in [0, 0.1) is 15.9 Å². The molecule has 0 saturated carbocycles. The predicted molar refractivity (Wildman–Crippen MR) is 53.4 cm³/mol. The third kappa shape index (κ3) is 2.44. The zero-order valence-corrected chi connectivity index (χ0v) is 8.26. The van der Waals surface area contributed by atoms with Gasteiger partial charge in [0.15, 0.2) is 5.75 Å². The molecular weight excluding hydrogens is 219 g/mol. The molecule has 88 valence electrons.